The van der Waals surface area contributed by atoms with Gasteiger partial charge in [-0.3, -0.25) is 0 Å². The quantitative estimate of drug-likeness (QED) is 0.685. The summed E-state index contributed by atoms with van der Waals surface area (Å²) < 4.78 is 2.19. The van der Waals surface area contributed by atoms with Crippen LogP contribution in [-0.2, 0) is 13.0 Å². The van der Waals surface area contributed by atoms with E-state index in [1.54, 1.807) is 0 Å². The van der Waals surface area contributed by atoms with Crippen molar-refractivity contribution in [2.24, 2.45) is 0 Å². The number of carbonyl (C=O) groups is 1. The molecule has 1 unspecified atom stereocenters. The third kappa shape index (κ3) is 2.77. The average molecular weight is 345 g/mol. The van der Waals surface area contributed by atoms with Crippen molar-refractivity contribution in [3.63, 3.8) is 0 Å². The van der Waals surface area contributed by atoms with Crippen molar-refractivity contribution in [3.05, 3.63) is 83.7 Å². The van der Waals surface area contributed by atoms with E-state index >= 15 is 0 Å². The number of urea groups is 1. The fourth-order valence-electron chi connectivity index (χ4n) is 3.70. The summed E-state index contributed by atoms with van der Waals surface area (Å²) in [5.41, 5.74) is 5.44. The summed E-state index contributed by atoms with van der Waals surface area (Å²) in [5, 5.41) is 3.12. The molecule has 0 fully saturated rings. The van der Waals surface area contributed by atoms with Crippen molar-refractivity contribution in [2.45, 2.75) is 32.9 Å². The SMILES string of the molecule is CCc1ccccc1NC(=O)N1Cc2ccccc2-n2cccc2C1C. The van der Waals surface area contributed by atoms with Crippen LogP contribution in [0.4, 0.5) is 10.5 Å². The second-order valence-electron chi connectivity index (χ2n) is 6.68. The second-order valence-corrected chi connectivity index (χ2v) is 6.68. The molecule has 0 aliphatic carbocycles. The highest BCUT2D eigenvalue weighted by atomic mass is 16.2. The minimum absolute atomic E-state index is 0.0220. The first-order chi connectivity index (χ1) is 12.7. The summed E-state index contributed by atoms with van der Waals surface area (Å²) in [6.07, 6.45) is 2.95. The number of para-hydroxylation sites is 2. The topological polar surface area (TPSA) is 37.3 Å². The number of aromatic nitrogens is 1. The number of fused-ring (bicyclic) bond motifs is 3. The molecule has 2 amide bonds. The van der Waals surface area contributed by atoms with Crippen molar-refractivity contribution in [1.82, 2.24) is 9.47 Å². The van der Waals surface area contributed by atoms with Gasteiger partial charge in [-0.05, 0) is 48.7 Å². The Morgan fingerprint density at radius 3 is 2.69 bits per heavy atom. The van der Waals surface area contributed by atoms with Crippen LogP contribution >= 0.6 is 0 Å². The predicted molar refractivity (Wildman–Crippen MR) is 105 cm³/mol. The lowest BCUT2D eigenvalue weighted by atomic mass is 10.1. The number of nitrogens with zero attached hydrogens (tertiary/aromatic N) is 2. The zero-order valence-electron chi connectivity index (χ0n) is 15.1. The Morgan fingerprint density at radius 2 is 1.85 bits per heavy atom. The van der Waals surface area contributed by atoms with E-state index in [1.165, 1.54) is 0 Å². The normalized spacial score (nSPS) is 15.8. The number of aryl methyl sites for hydroxylation is 1. The smallest absolute Gasteiger partial charge is 0.318 e. The number of carbonyl (C=O) groups excluding carboxylic acids is 1. The van der Waals surface area contributed by atoms with Crippen LogP contribution in [0.2, 0.25) is 0 Å². The minimum Gasteiger partial charge on any atom is -0.318 e. The van der Waals surface area contributed by atoms with E-state index in [4.69, 9.17) is 0 Å². The molecule has 132 valence electrons. The van der Waals surface area contributed by atoms with Gasteiger partial charge >= 0.3 is 6.03 Å². The van der Waals surface area contributed by atoms with Crippen LogP contribution in [0.1, 0.15) is 36.7 Å². The number of hydrogen-bond acceptors (Lipinski definition) is 1. The van der Waals surface area contributed by atoms with E-state index in [0.29, 0.717) is 6.54 Å². The Kier molecular flexibility index (Phi) is 4.25. The zero-order valence-corrected chi connectivity index (χ0v) is 15.1. The molecule has 0 saturated carbocycles. The zero-order chi connectivity index (χ0) is 18.1. The van der Waals surface area contributed by atoms with E-state index in [0.717, 1.165) is 34.6 Å². The van der Waals surface area contributed by atoms with E-state index in [9.17, 15) is 4.79 Å². The van der Waals surface area contributed by atoms with Crippen LogP contribution in [0.15, 0.2) is 66.9 Å². The Balaban J connectivity index is 1.70. The summed E-state index contributed by atoms with van der Waals surface area (Å²) in [5.74, 6) is 0. The summed E-state index contributed by atoms with van der Waals surface area (Å²) >= 11 is 0. The standard InChI is InChI=1S/C22H23N3O/c1-3-17-9-4-6-11-19(17)23-22(26)25-15-18-10-5-7-12-21(18)24-14-8-13-20(24)16(25)2/h4-14,16H,3,15H2,1-2H3,(H,23,26). The van der Waals surface area contributed by atoms with Gasteiger partial charge in [-0.2, -0.15) is 0 Å². The Bertz CT molecular complexity index is 944. The lowest BCUT2D eigenvalue weighted by Gasteiger charge is -2.28. The van der Waals surface area contributed by atoms with Gasteiger partial charge in [0.2, 0.25) is 0 Å². The van der Waals surface area contributed by atoms with E-state index in [-0.39, 0.29) is 12.1 Å². The number of anilines is 1. The molecule has 1 aromatic heterocycles. The largest absolute Gasteiger partial charge is 0.322 e. The van der Waals surface area contributed by atoms with Crippen LogP contribution < -0.4 is 5.32 Å². The van der Waals surface area contributed by atoms with Crippen LogP contribution in [0, 0.1) is 0 Å². The molecule has 0 bridgehead atoms. The lowest BCUT2D eigenvalue weighted by molar-refractivity contribution is 0.189. The summed E-state index contributed by atoms with van der Waals surface area (Å²) in [7, 11) is 0. The molecule has 4 rings (SSSR count). The molecule has 1 atom stereocenters. The molecule has 4 heteroatoms. The number of hydrogen-bond donors (Lipinski definition) is 1. The van der Waals surface area contributed by atoms with Gasteiger partial charge in [0.15, 0.2) is 0 Å². The Morgan fingerprint density at radius 1 is 1.08 bits per heavy atom. The molecule has 1 N–H and O–H groups in total. The van der Waals surface area contributed by atoms with Crippen molar-refractivity contribution < 1.29 is 4.79 Å². The number of amides is 2. The summed E-state index contributed by atoms with van der Waals surface area (Å²) in [4.78, 5) is 15.1. The first kappa shape index (κ1) is 16.5. The fraction of sp³-hybridized carbons (Fsp3) is 0.227. The number of benzene rings is 2. The highest BCUT2D eigenvalue weighted by Crippen LogP contribution is 2.32. The summed E-state index contributed by atoms with van der Waals surface area (Å²) in [6, 6.07) is 20.3. The number of rotatable bonds is 2. The van der Waals surface area contributed by atoms with Crippen molar-refractivity contribution in [2.75, 3.05) is 5.32 Å². The lowest BCUT2D eigenvalue weighted by Crippen LogP contribution is -2.36. The predicted octanol–water partition coefficient (Wildman–Crippen LogP) is 5.15. The molecule has 1 aliphatic heterocycles. The average Bonchev–Trinajstić information content (AvgIpc) is 3.12. The van der Waals surface area contributed by atoms with Gasteiger partial charge in [-0.25, -0.2) is 4.79 Å². The molecule has 0 saturated heterocycles. The molecular weight excluding hydrogens is 322 g/mol. The van der Waals surface area contributed by atoms with Crippen LogP contribution in [-0.4, -0.2) is 15.5 Å². The van der Waals surface area contributed by atoms with Gasteiger partial charge in [-0.1, -0.05) is 43.3 Å². The fourth-order valence-corrected chi connectivity index (χ4v) is 3.70. The van der Waals surface area contributed by atoms with Crippen LogP contribution in [0.25, 0.3) is 5.69 Å². The monoisotopic (exact) mass is 345 g/mol. The van der Waals surface area contributed by atoms with Gasteiger partial charge in [0.1, 0.15) is 0 Å². The molecule has 0 radical (unpaired) electrons. The maximum absolute atomic E-state index is 13.1. The first-order valence-corrected chi connectivity index (χ1v) is 9.10. The van der Waals surface area contributed by atoms with Gasteiger partial charge in [0.05, 0.1) is 18.3 Å². The Labute approximate surface area is 154 Å². The van der Waals surface area contributed by atoms with Crippen LogP contribution in [0.5, 0.6) is 0 Å². The Hall–Kier alpha value is -3.01. The third-order valence-electron chi connectivity index (χ3n) is 5.17. The van der Waals surface area contributed by atoms with E-state index in [2.05, 4.69) is 54.2 Å². The van der Waals surface area contributed by atoms with Gasteiger partial charge in [0, 0.05) is 17.6 Å². The molecule has 2 aromatic carbocycles. The molecule has 3 aromatic rings. The third-order valence-corrected chi connectivity index (χ3v) is 5.17. The van der Waals surface area contributed by atoms with Gasteiger partial charge in [0.25, 0.3) is 0 Å². The van der Waals surface area contributed by atoms with Crippen molar-refractivity contribution in [3.8, 4) is 5.69 Å². The van der Waals surface area contributed by atoms with Crippen molar-refractivity contribution in [1.29, 1.82) is 0 Å². The molecule has 4 nitrogen and oxygen atoms in total. The van der Waals surface area contributed by atoms with E-state index in [1.807, 2.05) is 41.3 Å². The highest BCUT2D eigenvalue weighted by molar-refractivity contribution is 5.90. The maximum Gasteiger partial charge on any atom is 0.322 e. The van der Waals surface area contributed by atoms with Gasteiger partial charge < -0.3 is 14.8 Å². The summed E-state index contributed by atoms with van der Waals surface area (Å²) in [6.45, 7) is 4.77. The molecular formula is C22H23N3O. The molecule has 1 aliphatic rings. The number of nitrogens with one attached hydrogen (secondary N) is 1. The minimum atomic E-state index is -0.0668. The van der Waals surface area contributed by atoms with E-state index < -0.39 is 0 Å². The molecule has 2 heterocycles. The second kappa shape index (κ2) is 6.71. The maximum atomic E-state index is 13.1. The molecule has 0 spiro atoms. The highest BCUT2D eigenvalue weighted by Gasteiger charge is 2.28. The van der Waals surface area contributed by atoms with Crippen molar-refractivity contribution >= 4 is 11.7 Å². The van der Waals surface area contributed by atoms with Gasteiger partial charge in [-0.15, -0.1) is 0 Å². The molecule has 26 heavy (non-hydrogen) atoms. The van der Waals surface area contributed by atoms with Crippen LogP contribution in [0.3, 0.4) is 0 Å². The first-order valence-electron chi connectivity index (χ1n) is 9.10.